The van der Waals surface area contributed by atoms with Crippen LogP contribution in [0.15, 0.2) is 0 Å². The summed E-state index contributed by atoms with van der Waals surface area (Å²) in [5.41, 5.74) is 0.215. The van der Waals surface area contributed by atoms with Crippen molar-refractivity contribution in [3.05, 3.63) is 0 Å². The van der Waals surface area contributed by atoms with E-state index in [2.05, 4.69) is 17.6 Å². The Labute approximate surface area is 126 Å². The Bertz CT molecular complexity index is 378. The number of carbonyl (C=O) groups is 2. The van der Waals surface area contributed by atoms with Crippen LogP contribution >= 0.6 is 0 Å². The Balaban J connectivity index is 1.83. The predicted molar refractivity (Wildman–Crippen MR) is 81.1 cm³/mol. The van der Waals surface area contributed by atoms with Crippen molar-refractivity contribution < 1.29 is 14.7 Å². The molecule has 0 aromatic rings. The number of urea groups is 1. The molecule has 2 saturated carbocycles. The minimum atomic E-state index is -0.787. The molecule has 0 heterocycles. The van der Waals surface area contributed by atoms with E-state index >= 15 is 0 Å². The second-order valence-electron chi connectivity index (χ2n) is 7.03. The highest BCUT2D eigenvalue weighted by Crippen LogP contribution is 2.36. The fraction of sp³-hybridized carbons (Fsp3) is 0.875. The molecule has 5 nitrogen and oxygen atoms in total. The molecule has 0 bridgehead atoms. The lowest BCUT2D eigenvalue weighted by atomic mass is 9.89. The van der Waals surface area contributed by atoms with Gasteiger partial charge >= 0.3 is 12.0 Å². The molecule has 0 spiro atoms. The van der Waals surface area contributed by atoms with E-state index in [0.717, 1.165) is 38.5 Å². The van der Waals surface area contributed by atoms with Gasteiger partial charge in [-0.05, 0) is 31.1 Å². The van der Waals surface area contributed by atoms with Crippen LogP contribution in [0.3, 0.4) is 0 Å². The highest BCUT2D eigenvalue weighted by Gasteiger charge is 2.32. The maximum Gasteiger partial charge on any atom is 0.315 e. The minimum Gasteiger partial charge on any atom is -0.481 e. The van der Waals surface area contributed by atoms with Gasteiger partial charge in [-0.2, -0.15) is 0 Å². The molecular weight excluding hydrogens is 268 g/mol. The van der Waals surface area contributed by atoms with Gasteiger partial charge in [-0.1, -0.05) is 39.0 Å². The minimum absolute atomic E-state index is 0.207. The largest absolute Gasteiger partial charge is 0.481 e. The first-order valence-electron chi connectivity index (χ1n) is 8.27. The molecule has 2 fully saturated rings. The molecule has 5 heteroatoms. The van der Waals surface area contributed by atoms with Crippen molar-refractivity contribution in [2.75, 3.05) is 6.54 Å². The molecule has 2 atom stereocenters. The van der Waals surface area contributed by atoms with Gasteiger partial charge in [0.1, 0.15) is 0 Å². The normalized spacial score (nSPS) is 28.6. The monoisotopic (exact) mass is 296 g/mol. The van der Waals surface area contributed by atoms with Crippen LogP contribution in [0.2, 0.25) is 0 Å². The summed E-state index contributed by atoms with van der Waals surface area (Å²) >= 11 is 0. The van der Waals surface area contributed by atoms with Crippen molar-refractivity contribution in [2.45, 2.75) is 70.8 Å². The van der Waals surface area contributed by atoms with E-state index in [9.17, 15) is 14.7 Å². The van der Waals surface area contributed by atoms with Crippen LogP contribution < -0.4 is 10.6 Å². The Morgan fingerprint density at radius 3 is 2.43 bits per heavy atom. The van der Waals surface area contributed by atoms with E-state index in [1.807, 2.05) is 0 Å². The van der Waals surface area contributed by atoms with Crippen LogP contribution in [0.1, 0.15) is 64.7 Å². The van der Waals surface area contributed by atoms with Crippen molar-refractivity contribution in [3.63, 3.8) is 0 Å². The van der Waals surface area contributed by atoms with Crippen molar-refractivity contribution >= 4 is 12.0 Å². The van der Waals surface area contributed by atoms with Crippen LogP contribution in [0.5, 0.6) is 0 Å². The summed E-state index contributed by atoms with van der Waals surface area (Å²) < 4.78 is 0. The second kappa shape index (κ2) is 7.14. The molecule has 21 heavy (non-hydrogen) atoms. The number of nitrogens with one attached hydrogen (secondary N) is 2. The van der Waals surface area contributed by atoms with E-state index in [-0.39, 0.29) is 17.5 Å². The molecule has 3 N–H and O–H groups in total. The van der Waals surface area contributed by atoms with Gasteiger partial charge in [0.15, 0.2) is 0 Å². The van der Waals surface area contributed by atoms with Gasteiger partial charge in [0, 0.05) is 12.6 Å². The van der Waals surface area contributed by atoms with Gasteiger partial charge < -0.3 is 15.7 Å². The van der Waals surface area contributed by atoms with Gasteiger partial charge in [0.05, 0.1) is 5.92 Å². The third kappa shape index (κ3) is 4.61. The molecule has 2 aliphatic carbocycles. The molecule has 0 aromatic heterocycles. The van der Waals surface area contributed by atoms with Crippen molar-refractivity contribution in [1.82, 2.24) is 10.6 Å². The van der Waals surface area contributed by atoms with E-state index in [4.69, 9.17) is 0 Å². The summed E-state index contributed by atoms with van der Waals surface area (Å²) in [5.74, 6) is -1.23. The molecule has 2 aliphatic rings. The summed E-state index contributed by atoms with van der Waals surface area (Å²) in [6, 6.07) is -0.442. The SMILES string of the molecule is CC1(CNC(=O)NC2CCCCCC2C(=O)O)CCCC1. The van der Waals surface area contributed by atoms with Gasteiger partial charge in [0.2, 0.25) is 0 Å². The Hall–Kier alpha value is -1.26. The molecule has 120 valence electrons. The summed E-state index contributed by atoms with van der Waals surface area (Å²) in [6.07, 6.45) is 9.22. The second-order valence-corrected chi connectivity index (χ2v) is 7.03. The topological polar surface area (TPSA) is 78.4 Å². The summed E-state index contributed by atoms with van der Waals surface area (Å²) in [4.78, 5) is 23.4. The van der Waals surface area contributed by atoms with Crippen LogP contribution in [0.25, 0.3) is 0 Å². The number of carboxylic acid groups (broad SMARTS) is 1. The zero-order valence-electron chi connectivity index (χ0n) is 13.0. The van der Waals surface area contributed by atoms with Gasteiger partial charge in [0.25, 0.3) is 0 Å². The fourth-order valence-electron chi connectivity index (χ4n) is 3.69. The lowest BCUT2D eigenvalue weighted by Gasteiger charge is -2.26. The lowest BCUT2D eigenvalue weighted by Crippen LogP contribution is -2.49. The number of carbonyl (C=O) groups excluding carboxylic acids is 1. The first-order valence-corrected chi connectivity index (χ1v) is 8.27. The van der Waals surface area contributed by atoms with Crippen LogP contribution in [-0.2, 0) is 4.79 Å². The first-order chi connectivity index (χ1) is 10.0. The maximum atomic E-state index is 12.1. The van der Waals surface area contributed by atoms with Crippen LogP contribution in [0.4, 0.5) is 4.79 Å². The number of hydrogen-bond acceptors (Lipinski definition) is 2. The first kappa shape index (κ1) is 16.1. The average molecular weight is 296 g/mol. The molecule has 2 unspecified atom stereocenters. The number of hydrogen-bond donors (Lipinski definition) is 3. The number of carboxylic acids is 1. The molecule has 0 radical (unpaired) electrons. The summed E-state index contributed by atoms with van der Waals surface area (Å²) in [5, 5.41) is 15.2. The van der Waals surface area contributed by atoms with E-state index < -0.39 is 11.9 Å². The summed E-state index contributed by atoms with van der Waals surface area (Å²) in [6.45, 7) is 2.90. The van der Waals surface area contributed by atoms with Crippen molar-refractivity contribution in [3.8, 4) is 0 Å². The van der Waals surface area contributed by atoms with E-state index in [1.54, 1.807) is 0 Å². The number of rotatable bonds is 4. The molecule has 2 amide bonds. The van der Waals surface area contributed by atoms with Crippen LogP contribution in [-0.4, -0.2) is 29.7 Å². The Morgan fingerprint density at radius 2 is 1.76 bits per heavy atom. The standard InChI is InChI=1S/C16H28N2O3/c1-16(9-5-6-10-16)11-17-15(21)18-13-8-4-2-3-7-12(13)14(19)20/h12-13H,2-11H2,1H3,(H,19,20)(H2,17,18,21). The maximum absolute atomic E-state index is 12.1. The molecule has 0 saturated heterocycles. The summed E-state index contributed by atoms with van der Waals surface area (Å²) in [7, 11) is 0. The third-order valence-electron chi connectivity index (χ3n) is 5.14. The van der Waals surface area contributed by atoms with Gasteiger partial charge in [-0.3, -0.25) is 4.79 Å². The van der Waals surface area contributed by atoms with Gasteiger partial charge in [-0.25, -0.2) is 4.79 Å². The highest BCUT2D eigenvalue weighted by atomic mass is 16.4. The molecular formula is C16H28N2O3. The third-order valence-corrected chi connectivity index (χ3v) is 5.14. The fourth-order valence-corrected chi connectivity index (χ4v) is 3.69. The van der Waals surface area contributed by atoms with Crippen molar-refractivity contribution in [1.29, 1.82) is 0 Å². The molecule has 0 aromatic carbocycles. The van der Waals surface area contributed by atoms with E-state index in [1.165, 1.54) is 12.8 Å². The Kier molecular flexibility index (Phi) is 5.48. The number of amides is 2. The Morgan fingerprint density at radius 1 is 1.10 bits per heavy atom. The molecule has 2 rings (SSSR count). The smallest absolute Gasteiger partial charge is 0.315 e. The lowest BCUT2D eigenvalue weighted by molar-refractivity contribution is -0.142. The zero-order valence-corrected chi connectivity index (χ0v) is 13.0. The van der Waals surface area contributed by atoms with Gasteiger partial charge in [-0.15, -0.1) is 0 Å². The van der Waals surface area contributed by atoms with E-state index in [0.29, 0.717) is 13.0 Å². The predicted octanol–water partition coefficient (Wildman–Crippen LogP) is 2.90. The van der Waals surface area contributed by atoms with Crippen molar-refractivity contribution in [2.24, 2.45) is 11.3 Å². The zero-order chi connectivity index (χ0) is 15.3. The van der Waals surface area contributed by atoms with Crippen LogP contribution in [0, 0.1) is 11.3 Å². The quantitative estimate of drug-likeness (QED) is 0.698. The average Bonchev–Trinajstić information content (AvgIpc) is 2.73. The number of aliphatic carboxylic acids is 1. The highest BCUT2D eigenvalue weighted by molar-refractivity contribution is 5.76. The molecule has 0 aliphatic heterocycles.